The summed E-state index contributed by atoms with van der Waals surface area (Å²) in [5.41, 5.74) is 0. The molecule has 0 N–H and O–H groups in total. The van der Waals surface area contributed by atoms with E-state index in [0.717, 1.165) is 0 Å². The first kappa shape index (κ1) is 11.2. The largest absolute Gasteiger partial charge is 1.00 e. The highest BCUT2D eigenvalue weighted by Gasteiger charge is 2.28. The average molecular weight is 178 g/mol. The molecule has 0 radical (unpaired) electrons. The Kier molecular flexibility index (Phi) is 5.11. The zero-order valence-electron chi connectivity index (χ0n) is 7.77. The third-order valence-electron chi connectivity index (χ3n) is 2.88. The quantitative estimate of drug-likeness (QED) is 0.487. The van der Waals surface area contributed by atoms with E-state index in [0.29, 0.717) is 0 Å². The predicted molar refractivity (Wildman–Crippen MR) is 44.9 cm³/mol. The number of rotatable bonds is 3. The second-order valence-electron chi connectivity index (χ2n) is 3.54. The normalized spacial score (nSPS) is 21.3. The van der Waals surface area contributed by atoms with Crippen molar-refractivity contribution in [2.45, 2.75) is 33.1 Å². The molecule has 1 heterocycles. The van der Waals surface area contributed by atoms with Gasteiger partial charge in [0, 0.05) is 12.8 Å². The van der Waals surface area contributed by atoms with Gasteiger partial charge in [0.15, 0.2) is 0 Å². The van der Waals surface area contributed by atoms with Crippen LogP contribution in [0.25, 0.3) is 0 Å². The van der Waals surface area contributed by atoms with Crippen LogP contribution in [0.4, 0.5) is 0 Å². The van der Waals surface area contributed by atoms with E-state index in [1.807, 2.05) is 0 Å². The van der Waals surface area contributed by atoms with Crippen molar-refractivity contribution in [2.75, 3.05) is 26.2 Å². The van der Waals surface area contributed by atoms with E-state index in [9.17, 15) is 0 Å². The first-order valence-electron chi connectivity index (χ1n) is 4.68. The maximum absolute atomic E-state index is 2.33. The van der Waals surface area contributed by atoms with Crippen LogP contribution in [-0.2, 0) is 0 Å². The molecule has 1 saturated heterocycles. The fourth-order valence-corrected chi connectivity index (χ4v) is 2.18. The van der Waals surface area contributed by atoms with Crippen molar-refractivity contribution in [3.8, 4) is 0 Å². The van der Waals surface area contributed by atoms with Crippen molar-refractivity contribution in [2.24, 2.45) is 0 Å². The van der Waals surface area contributed by atoms with E-state index >= 15 is 0 Å². The molecule has 1 aliphatic rings. The Labute approximate surface area is 76.8 Å². The van der Waals surface area contributed by atoms with Gasteiger partial charge in [-0.25, -0.2) is 0 Å². The summed E-state index contributed by atoms with van der Waals surface area (Å²) >= 11 is 0. The Hall–Kier alpha value is 0.250. The van der Waals surface area contributed by atoms with Gasteiger partial charge in [-0.3, -0.25) is 0 Å². The Morgan fingerprint density at radius 2 is 1.64 bits per heavy atom. The van der Waals surface area contributed by atoms with Gasteiger partial charge in [-0.15, -0.1) is 0 Å². The summed E-state index contributed by atoms with van der Waals surface area (Å²) in [5, 5.41) is 0. The molecular formula is C9H20ClN. The third kappa shape index (κ3) is 2.64. The first-order valence-corrected chi connectivity index (χ1v) is 4.68. The first-order chi connectivity index (χ1) is 4.83. The summed E-state index contributed by atoms with van der Waals surface area (Å²) in [4.78, 5) is 0. The van der Waals surface area contributed by atoms with Gasteiger partial charge in [0.2, 0.25) is 0 Å². The lowest BCUT2D eigenvalue weighted by atomic mass is 10.3. The number of hydrogen-bond acceptors (Lipinski definition) is 0. The molecule has 1 rings (SSSR count). The van der Waals surface area contributed by atoms with E-state index in [1.165, 1.54) is 49.9 Å². The lowest BCUT2D eigenvalue weighted by Crippen LogP contribution is -3.00. The van der Waals surface area contributed by atoms with E-state index in [4.69, 9.17) is 0 Å². The van der Waals surface area contributed by atoms with Crippen LogP contribution in [0.15, 0.2) is 0 Å². The molecule has 0 spiro atoms. The molecule has 0 aliphatic carbocycles. The molecule has 0 bridgehead atoms. The van der Waals surface area contributed by atoms with Gasteiger partial charge in [0.25, 0.3) is 0 Å². The topological polar surface area (TPSA) is 0 Å². The van der Waals surface area contributed by atoms with Crippen molar-refractivity contribution in [1.82, 2.24) is 0 Å². The molecular weight excluding hydrogens is 158 g/mol. The monoisotopic (exact) mass is 177 g/mol. The van der Waals surface area contributed by atoms with Crippen LogP contribution < -0.4 is 12.4 Å². The minimum Gasteiger partial charge on any atom is -1.00 e. The number of quaternary nitrogens is 1. The van der Waals surface area contributed by atoms with E-state index in [2.05, 4.69) is 13.8 Å². The number of hydrogen-bond donors (Lipinski definition) is 0. The minimum atomic E-state index is 0. The summed E-state index contributed by atoms with van der Waals surface area (Å²) in [6, 6.07) is 0. The van der Waals surface area contributed by atoms with Crippen LogP contribution in [0.5, 0.6) is 0 Å². The number of halogens is 1. The predicted octanol–water partition coefficient (Wildman–Crippen LogP) is -0.969. The fourth-order valence-electron chi connectivity index (χ4n) is 2.18. The van der Waals surface area contributed by atoms with E-state index < -0.39 is 0 Å². The molecule has 1 fully saturated rings. The maximum atomic E-state index is 2.33. The highest BCUT2D eigenvalue weighted by atomic mass is 35.5. The van der Waals surface area contributed by atoms with Crippen molar-refractivity contribution < 1.29 is 16.9 Å². The smallest absolute Gasteiger partial charge is 0.0788 e. The SMILES string of the molecule is CCC[N+]1(CC)CCCC1.[Cl-]. The van der Waals surface area contributed by atoms with Gasteiger partial charge < -0.3 is 16.9 Å². The fraction of sp³-hybridized carbons (Fsp3) is 1.00. The van der Waals surface area contributed by atoms with Crippen molar-refractivity contribution in [3.63, 3.8) is 0 Å². The van der Waals surface area contributed by atoms with Crippen molar-refractivity contribution in [3.05, 3.63) is 0 Å². The summed E-state index contributed by atoms with van der Waals surface area (Å²) in [5.74, 6) is 0. The molecule has 0 unspecified atom stereocenters. The number of nitrogens with zero attached hydrogens (tertiary/aromatic N) is 1. The second-order valence-corrected chi connectivity index (χ2v) is 3.54. The van der Waals surface area contributed by atoms with Gasteiger partial charge >= 0.3 is 0 Å². The summed E-state index contributed by atoms with van der Waals surface area (Å²) < 4.78 is 1.41. The molecule has 0 saturated carbocycles. The van der Waals surface area contributed by atoms with E-state index in [-0.39, 0.29) is 12.4 Å². The lowest BCUT2D eigenvalue weighted by Gasteiger charge is -2.32. The van der Waals surface area contributed by atoms with Crippen molar-refractivity contribution >= 4 is 0 Å². The Bertz CT molecular complexity index is 97.7. The summed E-state index contributed by atoms with van der Waals surface area (Å²) in [6.07, 6.45) is 4.29. The Morgan fingerprint density at radius 3 is 2.00 bits per heavy atom. The molecule has 68 valence electrons. The zero-order valence-corrected chi connectivity index (χ0v) is 8.53. The van der Waals surface area contributed by atoms with Gasteiger partial charge in [-0.2, -0.15) is 0 Å². The summed E-state index contributed by atoms with van der Waals surface area (Å²) in [6.45, 7) is 10.3. The molecule has 1 aliphatic heterocycles. The Morgan fingerprint density at radius 1 is 1.09 bits per heavy atom. The molecule has 0 aromatic carbocycles. The molecule has 11 heavy (non-hydrogen) atoms. The van der Waals surface area contributed by atoms with Crippen LogP contribution >= 0.6 is 0 Å². The van der Waals surface area contributed by atoms with Gasteiger partial charge in [-0.05, 0) is 13.3 Å². The zero-order chi connectivity index (χ0) is 7.45. The third-order valence-corrected chi connectivity index (χ3v) is 2.88. The van der Waals surface area contributed by atoms with Crippen LogP contribution in [-0.4, -0.2) is 30.7 Å². The average Bonchev–Trinajstić information content (AvgIpc) is 2.39. The van der Waals surface area contributed by atoms with Crippen molar-refractivity contribution in [1.29, 1.82) is 0 Å². The number of likely N-dealkylation sites (tertiary alicyclic amines) is 1. The lowest BCUT2D eigenvalue weighted by molar-refractivity contribution is -0.915. The maximum Gasteiger partial charge on any atom is 0.0788 e. The van der Waals surface area contributed by atoms with Crippen LogP contribution in [0.3, 0.4) is 0 Å². The van der Waals surface area contributed by atoms with Gasteiger partial charge in [0.05, 0.1) is 26.2 Å². The minimum absolute atomic E-state index is 0. The van der Waals surface area contributed by atoms with Crippen LogP contribution in [0, 0.1) is 0 Å². The van der Waals surface area contributed by atoms with Crippen LogP contribution in [0.2, 0.25) is 0 Å². The summed E-state index contributed by atoms with van der Waals surface area (Å²) in [7, 11) is 0. The molecule has 2 heteroatoms. The molecule has 0 aromatic rings. The highest BCUT2D eigenvalue weighted by Crippen LogP contribution is 2.18. The van der Waals surface area contributed by atoms with E-state index in [1.54, 1.807) is 0 Å². The molecule has 0 atom stereocenters. The van der Waals surface area contributed by atoms with Gasteiger partial charge in [-0.1, -0.05) is 6.92 Å². The van der Waals surface area contributed by atoms with Gasteiger partial charge in [0.1, 0.15) is 0 Å². The standard InChI is InChI=1S/C9H20N.ClH/c1-3-7-10(4-2)8-5-6-9-10;/h3-9H2,1-2H3;1H/q+1;/p-1. The second kappa shape index (κ2) is 5.00. The molecule has 1 nitrogen and oxygen atoms in total. The Balaban J connectivity index is 0.000001000. The highest BCUT2D eigenvalue weighted by molar-refractivity contribution is 4.52. The molecule has 0 amide bonds. The van der Waals surface area contributed by atoms with Crippen LogP contribution in [0.1, 0.15) is 33.1 Å². The molecule has 0 aromatic heterocycles.